The summed E-state index contributed by atoms with van der Waals surface area (Å²) in [5.74, 6) is -0.805. The number of ether oxygens (including phenoxy) is 1. The first-order chi connectivity index (χ1) is 6.61. The van der Waals surface area contributed by atoms with E-state index in [9.17, 15) is 9.59 Å². The summed E-state index contributed by atoms with van der Waals surface area (Å²) >= 11 is 1.86. The Morgan fingerprint density at radius 1 is 1.43 bits per heavy atom. The third kappa shape index (κ3) is 6.14. The average Bonchev–Trinajstić information content (AvgIpc) is 2.16. The highest BCUT2D eigenvalue weighted by molar-refractivity contribution is 14.1. The predicted octanol–water partition coefficient (Wildman–Crippen LogP) is 1.11. The van der Waals surface area contributed by atoms with Crippen molar-refractivity contribution in [1.82, 2.24) is 5.06 Å². The fourth-order valence-electron chi connectivity index (χ4n) is 0.621. The zero-order valence-electron chi connectivity index (χ0n) is 8.29. The molecular weight excluding hydrogens is 301 g/mol. The van der Waals surface area contributed by atoms with E-state index in [4.69, 9.17) is 9.57 Å². The van der Waals surface area contributed by atoms with Crippen molar-refractivity contribution in [3.8, 4) is 0 Å². The maximum absolute atomic E-state index is 11.0. The van der Waals surface area contributed by atoms with Gasteiger partial charge in [0.25, 0.3) is 5.91 Å². The lowest BCUT2D eigenvalue weighted by molar-refractivity contribution is -0.212. The second-order valence-electron chi connectivity index (χ2n) is 2.53. The van der Waals surface area contributed by atoms with Gasteiger partial charge in [-0.05, 0) is 6.42 Å². The third-order valence-electron chi connectivity index (χ3n) is 1.23. The molecule has 1 amide bonds. The topological polar surface area (TPSA) is 55.8 Å². The number of carbonyl (C=O) groups is 2. The van der Waals surface area contributed by atoms with E-state index in [0.29, 0.717) is 6.61 Å². The first kappa shape index (κ1) is 13.6. The summed E-state index contributed by atoms with van der Waals surface area (Å²) in [5.41, 5.74) is 0. The molecule has 0 radical (unpaired) electrons. The maximum Gasteiger partial charge on any atom is 0.342 e. The van der Waals surface area contributed by atoms with E-state index in [1.54, 1.807) is 0 Å². The summed E-state index contributed by atoms with van der Waals surface area (Å²) in [7, 11) is 0. The van der Waals surface area contributed by atoms with Gasteiger partial charge in [-0.1, -0.05) is 29.5 Å². The van der Waals surface area contributed by atoms with Crippen LogP contribution < -0.4 is 0 Å². The number of hydrogen-bond donors (Lipinski definition) is 0. The van der Waals surface area contributed by atoms with Crippen LogP contribution in [0, 0.1) is 0 Å². The van der Waals surface area contributed by atoms with Crippen LogP contribution in [0.1, 0.15) is 20.3 Å². The SMILES string of the molecule is CCCOCN(OC(=O)CI)C(C)=O. The van der Waals surface area contributed by atoms with E-state index in [2.05, 4.69) is 0 Å². The van der Waals surface area contributed by atoms with Crippen LogP contribution in [0.15, 0.2) is 0 Å². The van der Waals surface area contributed by atoms with Crippen molar-refractivity contribution in [3.05, 3.63) is 0 Å². The molecule has 14 heavy (non-hydrogen) atoms. The van der Waals surface area contributed by atoms with Crippen LogP contribution in [-0.2, 0) is 19.2 Å². The highest BCUT2D eigenvalue weighted by Gasteiger charge is 2.13. The van der Waals surface area contributed by atoms with Crippen LogP contribution in [0.25, 0.3) is 0 Å². The quantitative estimate of drug-likeness (QED) is 0.251. The molecule has 0 aromatic carbocycles. The second-order valence-corrected chi connectivity index (χ2v) is 3.29. The molecule has 0 rings (SSSR count). The molecule has 0 aromatic rings. The molecule has 0 fully saturated rings. The second kappa shape index (κ2) is 7.98. The molecule has 0 N–H and O–H groups in total. The van der Waals surface area contributed by atoms with E-state index in [1.807, 2.05) is 29.5 Å². The molecule has 5 nitrogen and oxygen atoms in total. The molecule has 0 aromatic heterocycles. The largest absolute Gasteiger partial charge is 0.358 e. The zero-order chi connectivity index (χ0) is 11.0. The van der Waals surface area contributed by atoms with E-state index < -0.39 is 5.97 Å². The highest BCUT2D eigenvalue weighted by atomic mass is 127. The minimum Gasteiger partial charge on any atom is -0.358 e. The Morgan fingerprint density at radius 2 is 2.07 bits per heavy atom. The summed E-state index contributed by atoms with van der Waals surface area (Å²) in [6.45, 7) is 3.79. The van der Waals surface area contributed by atoms with Crippen LogP contribution in [0.2, 0.25) is 0 Å². The number of alkyl halides is 1. The van der Waals surface area contributed by atoms with E-state index in [-0.39, 0.29) is 17.1 Å². The minimum atomic E-state index is -0.458. The van der Waals surface area contributed by atoms with E-state index in [0.717, 1.165) is 11.5 Å². The third-order valence-corrected chi connectivity index (χ3v) is 1.85. The lowest BCUT2D eigenvalue weighted by Crippen LogP contribution is -2.34. The fourth-order valence-corrected chi connectivity index (χ4v) is 0.760. The van der Waals surface area contributed by atoms with Crippen LogP contribution in [-0.4, -0.2) is 34.7 Å². The summed E-state index contributed by atoms with van der Waals surface area (Å²) in [6, 6.07) is 0. The van der Waals surface area contributed by atoms with Gasteiger partial charge in [0, 0.05) is 13.5 Å². The predicted molar refractivity (Wildman–Crippen MR) is 58.6 cm³/mol. The Hall–Kier alpha value is -0.370. The van der Waals surface area contributed by atoms with Crippen LogP contribution >= 0.6 is 22.6 Å². The average molecular weight is 315 g/mol. The molecule has 0 aliphatic heterocycles. The van der Waals surface area contributed by atoms with Gasteiger partial charge in [-0.25, -0.2) is 4.79 Å². The normalized spacial score (nSPS) is 9.64. The number of rotatable bonds is 5. The lowest BCUT2D eigenvalue weighted by atomic mass is 10.5. The number of amides is 1. The number of carbonyl (C=O) groups excluding carboxylic acids is 2. The van der Waals surface area contributed by atoms with Crippen molar-refractivity contribution in [2.24, 2.45) is 0 Å². The van der Waals surface area contributed by atoms with Crippen molar-refractivity contribution in [3.63, 3.8) is 0 Å². The Balaban J connectivity index is 3.90. The van der Waals surface area contributed by atoms with Gasteiger partial charge in [-0.2, -0.15) is 0 Å². The monoisotopic (exact) mass is 315 g/mol. The van der Waals surface area contributed by atoms with Gasteiger partial charge >= 0.3 is 5.97 Å². The first-order valence-electron chi connectivity index (χ1n) is 4.24. The standard InChI is InChI=1S/C8H14INO4/c1-3-4-13-6-10(7(2)11)14-8(12)5-9/h3-6H2,1-2H3. The van der Waals surface area contributed by atoms with Crippen molar-refractivity contribution >= 4 is 34.5 Å². The molecule has 6 heteroatoms. The maximum atomic E-state index is 11.0. The molecule has 0 saturated heterocycles. The van der Waals surface area contributed by atoms with E-state index in [1.165, 1.54) is 6.92 Å². The highest BCUT2D eigenvalue weighted by Crippen LogP contribution is 1.96. The lowest BCUT2D eigenvalue weighted by Gasteiger charge is -2.18. The van der Waals surface area contributed by atoms with Crippen molar-refractivity contribution in [1.29, 1.82) is 0 Å². The van der Waals surface area contributed by atoms with Crippen molar-refractivity contribution < 1.29 is 19.2 Å². The molecule has 0 aliphatic rings. The van der Waals surface area contributed by atoms with Crippen LogP contribution in [0.4, 0.5) is 0 Å². The van der Waals surface area contributed by atoms with Gasteiger partial charge in [0.05, 0.1) is 0 Å². The number of halogens is 1. The Bertz CT molecular complexity index is 198. The molecule has 0 spiro atoms. The number of hydrogen-bond acceptors (Lipinski definition) is 4. The van der Waals surface area contributed by atoms with Gasteiger partial charge in [0.2, 0.25) is 0 Å². The smallest absolute Gasteiger partial charge is 0.342 e. The fraction of sp³-hybridized carbons (Fsp3) is 0.750. The molecule has 0 aliphatic carbocycles. The summed E-state index contributed by atoms with van der Waals surface area (Å²) < 4.78 is 5.28. The Morgan fingerprint density at radius 3 is 2.50 bits per heavy atom. The summed E-state index contributed by atoms with van der Waals surface area (Å²) in [5, 5.41) is 0.913. The number of nitrogens with zero attached hydrogens (tertiary/aromatic N) is 1. The molecule has 0 heterocycles. The van der Waals surface area contributed by atoms with Gasteiger partial charge in [0.15, 0.2) is 6.73 Å². The van der Waals surface area contributed by atoms with Gasteiger partial charge in [-0.3, -0.25) is 4.79 Å². The van der Waals surface area contributed by atoms with Crippen LogP contribution in [0.3, 0.4) is 0 Å². The molecular formula is C8H14INO4. The zero-order valence-corrected chi connectivity index (χ0v) is 10.4. The van der Waals surface area contributed by atoms with Crippen LogP contribution in [0.5, 0.6) is 0 Å². The van der Waals surface area contributed by atoms with Crippen molar-refractivity contribution in [2.45, 2.75) is 20.3 Å². The summed E-state index contributed by atoms with van der Waals surface area (Å²) in [6.07, 6.45) is 0.853. The molecule has 0 atom stereocenters. The Labute approximate surface area is 96.8 Å². The van der Waals surface area contributed by atoms with E-state index >= 15 is 0 Å². The van der Waals surface area contributed by atoms with Gasteiger partial charge in [0.1, 0.15) is 4.43 Å². The summed E-state index contributed by atoms with van der Waals surface area (Å²) in [4.78, 5) is 26.6. The van der Waals surface area contributed by atoms with Crippen molar-refractivity contribution in [2.75, 3.05) is 17.8 Å². The molecule has 0 saturated carbocycles. The number of hydroxylamine groups is 2. The molecule has 0 bridgehead atoms. The molecule has 82 valence electrons. The van der Waals surface area contributed by atoms with Gasteiger partial charge < -0.3 is 9.57 Å². The Kier molecular flexibility index (Phi) is 7.77. The minimum absolute atomic E-state index is 0.00838. The molecule has 0 unspecified atom stereocenters. The van der Waals surface area contributed by atoms with Gasteiger partial charge in [-0.15, -0.1) is 5.06 Å². The first-order valence-corrected chi connectivity index (χ1v) is 5.77.